The maximum Gasteiger partial charge on any atom is 0.196 e. The lowest BCUT2D eigenvalue weighted by molar-refractivity contribution is -0.380. The van der Waals surface area contributed by atoms with Crippen LogP contribution >= 0.6 is 0 Å². The Kier molecular flexibility index (Phi) is 2.89. The summed E-state index contributed by atoms with van der Waals surface area (Å²) in [6.07, 6.45) is 3.25. The summed E-state index contributed by atoms with van der Waals surface area (Å²) in [5, 5.41) is 4.34. The van der Waals surface area contributed by atoms with Crippen molar-refractivity contribution in [1.29, 1.82) is 0 Å². The van der Waals surface area contributed by atoms with Crippen LogP contribution in [0.5, 0.6) is 5.75 Å². The molecule has 1 atom stereocenters. The van der Waals surface area contributed by atoms with Gasteiger partial charge in [0.15, 0.2) is 5.72 Å². The molecule has 1 aromatic carbocycles. The molecule has 1 aliphatic heterocycles. The summed E-state index contributed by atoms with van der Waals surface area (Å²) in [4.78, 5) is 4.09. The molecule has 1 aromatic heterocycles. The van der Waals surface area contributed by atoms with E-state index in [0.29, 0.717) is 0 Å². The standard InChI is InChI=1S/C16H21N3O2/c1-14(2)15(3,4)21-16(14,19-11-17-10-18-19)12-6-8-13(20-5)9-7-12/h6-11H,1-5H3. The normalized spacial score (nSPS) is 26.1. The molecule has 1 saturated heterocycles. The first kappa shape index (κ1) is 14.1. The molecule has 112 valence electrons. The Morgan fingerprint density at radius 1 is 1.10 bits per heavy atom. The van der Waals surface area contributed by atoms with Crippen LogP contribution in [-0.4, -0.2) is 27.5 Å². The Balaban J connectivity index is 2.15. The van der Waals surface area contributed by atoms with E-state index in [1.165, 1.54) is 6.33 Å². The highest BCUT2D eigenvalue weighted by Crippen LogP contribution is 2.62. The van der Waals surface area contributed by atoms with Crippen molar-refractivity contribution in [2.75, 3.05) is 7.11 Å². The third-order valence-corrected chi connectivity index (χ3v) is 4.98. The Morgan fingerprint density at radius 3 is 2.19 bits per heavy atom. The van der Waals surface area contributed by atoms with Gasteiger partial charge in [0.2, 0.25) is 0 Å². The number of aromatic nitrogens is 3. The fourth-order valence-electron chi connectivity index (χ4n) is 3.06. The van der Waals surface area contributed by atoms with Gasteiger partial charge in [0.05, 0.1) is 12.7 Å². The fraction of sp³-hybridized carbons (Fsp3) is 0.500. The summed E-state index contributed by atoms with van der Waals surface area (Å²) in [5.41, 5.74) is -0.0152. The Hall–Kier alpha value is -1.88. The van der Waals surface area contributed by atoms with Crippen molar-refractivity contribution in [2.45, 2.75) is 39.0 Å². The number of hydrogen-bond donors (Lipinski definition) is 0. The number of ether oxygens (including phenoxy) is 2. The van der Waals surface area contributed by atoms with Gasteiger partial charge in [-0.3, -0.25) is 0 Å². The number of rotatable bonds is 3. The van der Waals surface area contributed by atoms with Crippen molar-refractivity contribution in [3.05, 3.63) is 42.5 Å². The second-order valence-corrected chi connectivity index (χ2v) is 6.45. The predicted octanol–water partition coefficient (Wildman–Crippen LogP) is 2.82. The molecule has 2 heterocycles. The van der Waals surface area contributed by atoms with Gasteiger partial charge < -0.3 is 9.47 Å². The molecule has 3 rings (SSSR count). The second-order valence-electron chi connectivity index (χ2n) is 6.45. The lowest BCUT2D eigenvalue weighted by Gasteiger charge is -2.65. The summed E-state index contributed by atoms with van der Waals surface area (Å²) in [5.74, 6) is 0.823. The van der Waals surface area contributed by atoms with Crippen LogP contribution in [0.2, 0.25) is 0 Å². The van der Waals surface area contributed by atoms with Crippen LogP contribution in [0.4, 0.5) is 0 Å². The van der Waals surface area contributed by atoms with Gasteiger partial charge in [0, 0.05) is 11.0 Å². The Morgan fingerprint density at radius 2 is 1.76 bits per heavy atom. The zero-order chi connectivity index (χ0) is 15.3. The molecule has 0 bridgehead atoms. The number of hydrogen-bond acceptors (Lipinski definition) is 4. The van der Waals surface area contributed by atoms with Gasteiger partial charge >= 0.3 is 0 Å². The largest absolute Gasteiger partial charge is 0.497 e. The van der Waals surface area contributed by atoms with Crippen LogP contribution in [0.1, 0.15) is 33.3 Å². The van der Waals surface area contributed by atoms with Crippen molar-refractivity contribution in [3.8, 4) is 5.75 Å². The van der Waals surface area contributed by atoms with Crippen LogP contribution in [0, 0.1) is 5.41 Å². The minimum absolute atomic E-state index is 0.151. The van der Waals surface area contributed by atoms with Crippen LogP contribution < -0.4 is 4.74 Å². The Bertz CT molecular complexity index is 632. The van der Waals surface area contributed by atoms with Crippen LogP contribution in [0.3, 0.4) is 0 Å². The average Bonchev–Trinajstić information content (AvgIpc) is 2.99. The highest BCUT2D eigenvalue weighted by molar-refractivity contribution is 5.35. The van der Waals surface area contributed by atoms with Gasteiger partial charge in [-0.1, -0.05) is 26.0 Å². The first-order chi connectivity index (χ1) is 9.85. The van der Waals surface area contributed by atoms with Crippen LogP contribution in [0.25, 0.3) is 0 Å². The van der Waals surface area contributed by atoms with Crippen molar-refractivity contribution >= 4 is 0 Å². The van der Waals surface area contributed by atoms with E-state index in [-0.39, 0.29) is 11.0 Å². The number of benzene rings is 1. The highest BCUT2D eigenvalue weighted by Gasteiger charge is 2.69. The molecule has 0 N–H and O–H groups in total. The summed E-state index contributed by atoms with van der Waals surface area (Å²) in [6, 6.07) is 7.94. The van der Waals surface area contributed by atoms with E-state index in [2.05, 4.69) is 37.8 Å². The summed E-state index contributed by atoms with van der Waals surface area (Å²) < 4.78 is 13.4. The molecule has 21 heavy (non-hydrogen) atoms. The zero-order valence-electron chi connectivity index (χ0n) is 13.1. The van der Waals surface area contributed by atoms with Gasteiger partial charge in [0.1, 0.15) is 18.4 Å². The van der Waals surface area contributed by atoms with E-state index < -0.39 is 5.72 Å². The molecular formula is C16H21N3O2. The maximum atomic E-state index is 6.35. The van der Waals surface area contributed by atoms with E-state index in [9.17, 15) is 0 Å². The lowest BCUT2D eigenvalue weighted by atomic mass is 9.60. The molecule has 2 aromatic rings. The quantitative estimate of drug-likeness (QED) is 0.871. The molecule has 1 fully saturated rings. The predicted molar refractivity (Wildman–Crippen MR) is 79.0 cm³/mol. The molecular weight excluding hydrogens is 266 g/mol. The first-order valence-electron chi connectivity index (χ1n) is 7.05. The van der Waals surface area contributed by atoms with Crippen molar-refractivity contribution < 1.29 is 9.47 Å². The van der Waals surface area contributed by atoms with Crippen molar-refractivity contribution in [3.63, 3.8) is 0 Å². The maximum absolute atomic E-state index is 6.35. The summed E-state index contributed by atoms with van der Waals surface area (Å²) in [6.45, 7) is 8.60. The number of methoxy groups -OCH3 is 1. The molecule has 1 aliphatic rings. The minimum Gasteiger partial charge on any atom is -0.497 e. The monoisotopic (exact) mass is 287 g/mol. The smallest absolute Gasteiger partial charge is 0.196 e. The third-order valence-electron chi connectivity index (χ3n) is 4.98. The molecule has 5 nitrogen and oxygen atoms in total. The second kappa shape index (κ2) is 4.31. The first-order valence-corrected chi connectivity index (χ1v) is 7.05. The van der Waals surface area contributed by atoms with E-state index >= 15 is 0 Å². The van der Waals surface area contributed by atoms with E-state index in [1.54, 1.807) is 18.1 Å². The van der Waals surface area contributed by atoms with Gasteiger partial charge in [-0.2, -0.15) is 5.10 Å². The zero-order valence-corrected chi connectivity index (χ0v) is 13.1. The van der Waals surface area contributed by atoms with Gasteiger partial charge in [-0.15, -0.1) is 0 Å². The average molecular weight is 287 g/mol. The topological polar surface area (TPSA) is 49.2 Å². The third kappa shape index (κ3) is 1.67. The number of nitrogens with zero attached hydrogens (tertiary/aromatic N) is 3. The summed E-state index contributed by atoms with van der Waals surface area (Å²) >= 11 is 0. The van der Waals surface area contributed by atoms with Crippen molar-refractivity contribution in [2.24, 2.45) is 5.41 Å². The van der Waals surface area contributed by atoms with Crippen molar-refractivity contribution in [1.82, 2.24) is 14.8 Å². The van der Waals surface area contributed by atoms with Crippen LogP contribution in [-0.2, 0) is 10.5 Å². The SMILES string of the molecule is COc1ccc(C2(n3cncn3)OC(C)(C)C2(C)C)cc1. The van der Waals surface area contributed by atoms with E-state index in [4.69, 9.17) is 9.47 Å². The van der Waals surface area contributed by atoms with Gasteiger partial charge in [-0.05, 0) is 26.0 Å². The Labute approximate surface area is 124 Å². The lowest BCUT2D eigenvalue weighted by Crippen LogP contribution is -2.72. The minimum atomic E-state index is -0.654. The molecule has 0 amide bonds. The van der Waals surface area contributed by atoms with Gasteiger partial charge in [0.25, 0.3) is 0 Å². The molecule has 0 saturated carbocycles. The molecule has 0 spiro atoms. The molecule has 5 heteroatoms. The fourth-order valence-corrected chi connectivity index (χ4v) is 3.06. The molecule has 0 radical (unpaired) electrons. The molecule has 0 aliphatic carbocycles. The van der Waals surface area contributed by atoms with Gasteiger partial charge in [-0.25, -0.2) is 9.67 Å². The highest BCUT2D eigenvalue weighted by atomic mass is 16.6. The summed E-state index contributed by atoms with van der Waals surface area (Å²) in [7, 11) is 1.66. The molecule has 1 unspecified atom stereocenters. The van der Waals surface area contributed by atoms with Crippen LogP contribution in [0.15, 0.2) is 36.9 Å². The van der Waals surface area contributed by atoms with E-state index in [0.717, 1.165) is 11.3 Å². The van der Waals surface area contributed by atoms with E-state index in [1.807, 2.05) is 24.3 Å².